The maximum Gasteiger partial charge on any atom is 0.224 e. The fourth-order valence-corrected chi connectivity index (χ4v) is 2.46. The lowest BCUT2D eigenvalue weighted by Crippen LogP contribution is -2.11. The normalized spacial score (nSPS) is 10.4. The Balaban J connectivity index is 1.72. The topological polar surface area (TPSA) is 29.1 Å². The third-order valence-electron chi connectivity index (χ3n) is 3.77. The van der Waals surface area contributed by atoms with E-state index < -0.39 is 0 Å². The van der Waals surface area contributed by atoms with Crippen LogP contribution in [0, 0.1) is 0 Å². The van der Waals surface area contributed by atoms with Crippen molar-refractivity contribution < 1.29 is 4.79 Å². The lowest BCUT2D eigenvalue weighted by atomic mass is 10.1. The van der Waals surface area contributed by atoms with Gasteiger partial charge in [0.25, 0.3) is 0 Å². The zero-order chi connectivity index (χ0) is 15.6. The first-order valence-electron chi connectivity index (χ1n) is 8.20. The second-order valence-electron chi connectivity index (χ2n) is 5.69. The zero-order valence-corrected chi connectivity index (χ0v) is 13.3. The Hall–Kier alpha value is -2.09. The fraction of sp³-hybridized carbons (Fsp3) is 0.350. The van der Waals surface area contributed by atoms with Crippen LogP contribution in [0.3, 0.4) is 0 Å². The van der Waals surface area contributed by atoms with E-state index in [0.717, 1.165) is 24.9 Å². The molecule has 0 spiro atoms. The molecular weight excluding hydrogens is 270 g/mol. The maximum atomic E-state index is 11.9. The van der Waals surface area contributed by atoms with Gasteiger partial charge in [-0.2, -0.15) is 0 Å². The van der Waals surface area contributed by atoms with Crippen molar-refractivity contribution in [2.75, 3.05) is 5.32 Å². The van der Waals surface area contributed by atoms with E-state index in [-0.39, 0.29) is 5.91 Å². The van der Waals surface area contributed by atoms with Crippen LogP contribution in [-0.4, -0.2) is 5.91 Å². The number of carbonyl (C=O) groups excluding carboxylic acids is 1. The van der Waals surface area contributed by atoms with Crippen LogP contribution in [-0.2, 0) is 17.6 Å². The smallest absolute Gasteiger partial charge is 0.224 e. The molecule has 2 rings (SSSR count). The molecular formula is C20H25NO. The third-order valence-corrected chi connectivity index (χ3v) is 3.77. The highest BCUT2D eigenvalue weighted by molar-refractivity contribution is 5.90. The van der Waals surface area contributed by atoms with Gasteiger partial charge in [0.2, 0.25) is 5.91 Å². The summed E-state index contributed by atoms with van der Waals surface area (Å²) in [4.78, 5) is 11.9. The maximum absolute atomic E-state index is 11.9. The van der Waals surface area contributed by atoms with Crippen molar-refractivity contribution in [2.24, 2.45) is 0 Å². The second-order valence-corrected chi connectivity index (χ2v) is 5.69. The molecule has 0 atom stereocenters. The largest absolute Gasteiger partial charge is 0.326 e. The predicted molar refractivity (Wildman–Crippen MR) is 93.1 cm³/mol. The van der Waals surface area contributed by atoms with Crippen LogP contribution in [0.15, 0.2) is 54.6 Å². The summed E-state index contributed by atoms with van der Waals surface area (Å²) in [5.41, 5.74) is 3.52. The van der Waals surface area contributed by atoms with Gasteiger partial charge >= 0.3 is 0 Å². The van der Waals surface area contributed by atoms with Gasteiger partial charge in [0.05, 0.1) is 0 Å². The van der Waals surface area contributed by atoms with E-state index in [4.69, 9.17) is 0 Å². The summed E-state index contributed by atoms with van der Waals surface area (Å²) in [6.07, 6.45) is 5.92. The van der Waals surface area contributed by atoms with Crippen molar-refractivity contribution in [1.29, 1.82) is 0 Å². The van der Waals surface area contributed by atoms with Crippen molar-refractivity contribution in [3.63, 3.8) is 0 Å². The van der Waals surface area contributed by atoms with E-state index in [0.29, 0.717) is 6.42 Å². The standard InChI is InChI=1S/C20H25NO/c1-2-3-8-18-13-15-19(16-14-18)21-20(22)12-7-11-17-9-5-4-6-10-17/h4-6,9-10,13-16H,2-3,7-8,11-12H2,1H3,(H,21,22). The lowest BCUT2D eigenvalue weighted by Gasteiger charge is -2.07. The third kappa shape index (κ3) is 5.72. The first kappa shape index (κ1) is 16.3. The molecule has 0 aliphatic heterocycles. The van der Waals surface area contributed by atoms with Gasteiger partial charge in [-0.05, 0) is 48.9 Å². The zero-order valence-electron chi connectivity index (χ0n) is 13.3. The number of hydrogen-bond acceptors (Lipinski definition) is 1. The molecule has 0 aromatic heterocycles. The first-order valence-corrected chi connectivity index (χ1v) is 8.20. The molecule has 2 heteroatoms. The van der Waals surface area contributed by atoms with E-state index in [1.54, 1.807) is 0 Å². The van der Waals surface area contributed by atoms with Crippen molar-refractivity contribution in [2.45, 2.75) is 45.4 Å². The molecule has 1 N–H and O–H groups in total. The Labute approximate surface area is 133 Å². The average Bonchev–Trinajstić information content (AvgIpc) is 2.55. The minimum absolute atomic E-state index is 0.0947. The molecule has 0 saturated heterocycles. The molecule has 0 aliphatic carbocycles. The summed E-state index contributed by atoms with van der Waals surface area (Å²) in [5.74, 6) is 0.0947. The number of aryl methyl sites for hydroxylation is 2. The highest BCUT2D eigenvalue weighted by atomic mass is 16.1. The number of rotatable bonds is 8. The predicted octanol–water partition coefficient (Wildman–Crippen LogP) is 4.99. The number of unbranched alkanes of at least 4 members (excludes halogenated alkanes) is 1. The summed E-state index contributed by atoms with van der Waals surface area (Å²) in [5, 5.41) is 2.97. The van der Waals surface area contributed by atoms with Crippen molar-refractivity contribution in [3.05, 3.63) is 65.7 Å². The van der Waals surface area contributed by atoms with Gasteiger partial charge in [0.1, 0.15) is 0 Å². The van der Waals surface area contributed by atoms with Crippen LogP contribution >= 0.6 is 0 Å². The summed E-state index contributed by atoms with van der Waals surface area (Å²) >= 11 is 0. The van der Waals surface area contributed by atoms with E-state index in [1.807, 2.05) is 30.3 Å². The van der Waals surface area contributed by atoms with Crippen LogP contribution in [0.1, 0.15) is 43.7 Å². The molecule has 116 valence electrons. The number of benzene rings is 2. The Morgan fingerprint density at radius 1 is 0.864 bits per heavy atom. The van der Waals surface area contributed by atoms with Gasteiger partial charge in [0.15, 0.2) is 0 Å². The summed E-state index contributed by atoms with van der Waals surface area (Å²) in [6.45, 7) is 2.20. The molecule has 1 amide bonds. The minimum atomic E-state index is 0.0947. The van der Waals surface area contributed by atoms with Crippen LogP contribution in [0.25, 0.3) is 0 Å². The summed E-state index contributed by atoms with van der Waals surface area (Å²) < 4.78 is 0. The second kappa shape index (κ2) is 9.04. The molecule has 0 saturated carbocycles. The Kier molecular flexibility index (Phi) is 6.69. The highest BCUT2D eigenvalue weighted by Gasteiger charge is 2.03. The van der Waals surface area contributed by atoms with Gasteiger partial charge in [-0.3, -0.25) is 4.79 Å². The molecule has 2 aromatic rings. The average molecular weight is 295 g/mol. The molecule has 2 nitrogen and oxygen atoms in total. The lowest BCUT2D eigenvalue weighted by molar-refractivity contribution is -0.116. The highest BCUT2D eigenvalue weighted by Crippen LogP contribution is 2.13. The Bertz CT molecular complexity index is 560. The quantitative estimate of drug-likeness (QED) is 0.730. The molecule has 0 aliphatic rings. The fourth-order valence-electron chi connectivity index (χ4n) is 2.46. The van der Waals surface area contributed by atoms with E-state index in [1.165, 1.54) is 24.0 Å². The van der Waals surface area contributed by atoms with Crippen LogP contribution in [0.2, 0.25) is 0 Å². The molecule has 0 bridgehead atoms. The first-order chi connectivity index (χ1) is 10.8. The van der Waals surface area contributed by atoms with Crippen LogP contribution in [0.5, 0.6) is 0 Å². The number of hydrogen-bond donors (Lipinski definition) is 1. The van der Waals surface area contributed by atoms with Gasteiger partial charge in [-0.15, -0.1) is 0 Å². The molecule has 0 heterocycles. The number of amides is 1. The van der Waals surface area contributed by atoms with Gasteiger partial charge in [0, 0.05) is 12.1 Å². The van der Waals surface area contributed by atoms with E-state index in [2.05, 4.69) is 36.5 Å². The Morgan fingerprint density at radius 2 is 1.50 bits per heavy atom. The summed E-state index contributed by atoms with van der Waals surface area (Å²) in [7, 11) is 0. The minimum Gasteiger partial charge on any atom is -0.326 e. The van der Waals surface area contributed by atoms with E-state index in [9.17, 15) is 4.79 Å². The number of nitrogens with one attached hydrogen (secondary N) is 1. The van der Waals surface area contributed by atoms with Gasteiger partial charge in [-0.25, -0.2) is 0 Å². The molecule has 22 heavy (non-hydrogen) atoms. The summed E-state index contributed by atoms with van der Waals surface area (Å²) in [6, 6.07) is 18.5. The molecule has 0 fully saturated rings. The van der Waals surface area contributed by atoms with Crippen LogP contribution in [0.4, 0.5) is 5.69 Å². The van der Waals surface area contributed by atoms with Crippen molar-refractivity contribution >= 4 is 11.6 Å². The Morgan fingerprint density at radius 3 is 2.18 bits per heavy atom. The molecule has 0 radical (unpaired) electrons. The molecule has 2 aromatic carbocycles. The molecule has 0 unspecified atom stereocenters. The monoisotopic (exact) mass is 295 g/mol. The number of anilines is 1. The number of carbonyl (C=O) groups is 1. The van der Waals surface area contributed by atoms with Gasteiger partial charge < -0.3 is 5.32 Å². The van der Waals surface area contributed by atoms with Gasteiger partial charge in [-0.1, -0.05) is 55.8 Å². The SMILES string of the molecule is CCCCc1ccc(NC(=O)CCCc2ccccc2)cc1. The van der Waals surface area contributed by atoms with E-state index >= 15 is 0 Å². The van der Waals surface area contributed by atoms with Crippen LogP contribution < -0.4 is 5.32 Å². The van der Waals surface area contributed by atoms with Crippen molar-refractivity contribution in [3.8, 4) is 0 Å². The van der Waals surface area contributed by atoms with Crippen molar-refractivity contribution in [1.82, 2.24) is 0 Å².